The Morgan fingerprint density at radius 2 is 1.81 bits per heavy atom. The van der Waals surface area contributed by atoms with Gasteiger partial charge < -0.3 is 27.4 Å². The lowest BCUT2D eigenvalue weighted by Crippen LogP contribution is -2.33. The van der Waals surface area contributed by atoms with Crippen molar-refractivity contribution in [3.05, 3.63) is 10.4 Å². The van der Waals surface area contributed by atoms with Gasteiger partial charge in [-0.3, -0.25) is 9.59 Å². The van der Waals surface area contributed by atoms with Crippen LogP contribution in [0.5, 0.6) is 0 Å². The van der Waals surface area contributed by atoms with Crippen LogP contribution >= 0.6 is 11.3 Å². The van der Waals surface area contributed by atoms with E-state index in [1.165, 1.54) is 19.3 Å². The zero-order valence-electron chi connectivity index (χ0n) is 11.9. The number of likely N-dealkylation sites (tertiary alicyclic amines) is 1. The third-order valence-electron chi connectivity index (χ3n) is 3.58. The van der Waals surface area contributed by atoms with Crippen molar-refractivity contribution >= 4 is 33.8 Å². The highest BCUT2D eigenvalue weighted by Gasteiger charge is 2.22. The number of nitrogen functional groups attached to an aromatic ring is 1. The topological polar surface area (TPSA) is 127 Å². The summed E-state index contributed by atoms with van der Waals surface area (Å²) in [5, 5.41) is 3.67. The molecule has 1 saturated heterocycles. The maximum Gasteiger partial charge on any atom is 0.260 e. The van der Waals surface area contributed by atoms with Gasteiger partial charge >= 0.3 is 0 Å². The van der Waals surface area contributed by atoms with Crippen LogP contribution in [0.25, 0.3) is 0 Å². The van der Waals surface area contributed by atoms with Gasteiger partial charge in [-0.1, -0.05) is 6.42 Å². The van der Waals surface area contributed by atoms with Crippen LogP contribution in [0, 0.1) is 0 Å². The van der Waals surface area contributed by atoms with E-state index in [-0.39, 0.29) is 16.1 Å². The summed E-state index contributed by atoms with van der Waals surface area (Å²) >= 11 is 1.08. The Labute approximate surface area is 127 Å². The summed E-state index contributed by atoms with van der Waals surface area (Å²) in [5.74, 6) is -1.30. The van der Waals surface area contributed by atoms with Crippen molar-refractivity contribution < 1.29 is 9.59 Å². The van der Waals surface area contributed by atoms with Gasteiger partial charge in [-0.2, -0.15) is 0 Å². The summed E-state index contributed by atoms with van der Waals surface area (Å²) in [7, 11) is 0. The number of anilines is 2. The molecule has 0 unspecified atom stereocenters. The molecule has 1 fully saturated rings. The Balaban J connectivity index is 2.03. The lowest BCUT2D eigenvalue weighted by Gasteiger charge is -2.26. The molecule has 1 aliphatic rings. The summed E-state index contributed by atoms with van der Waals surface area (Å²) in [6.45, 7) is 3.74. The molecule has 2 amide bonds. The minimum Gasteiger partial charge on any atom is -0.397 e. The molecule has 116 valence electrons. The first-order chi connectivity index (χ1) is 10.0. The SMILES string of the molecule is NC(=O)c1sc(NCCN2CCCCC2)c(C(N)=O)c1N. The van der Waals surface area contributed by atoms with Crippen LogP contribution in [0.1, 0.15) is 39.3 Å². The highest BCUT2D eigenvalue weighted by molar-refractivity contribution is 7.19. The molecule has 8 heteroatoms. The zero-order valence-corrected chi connectivity index (χ0v) is 12.7. The predicted molar refractivity (Wildman–Crippen MR) is 84.5 cm³/mol. The number of hydrogen-bond acceptors (Lipinski definition) is 6. The minimum absolute atomic E-state index is 0.0699. The molecule has 1 aliphatic heterocycles. The van der Waals surface area contributed by atoms with Crippen LogP contribution in [0.15, 0.2) is 0 Å². The number of carbonyl (C=O) groups excluding carboxylic acids is 2. The van der Waals surface area contributed by atoms with Crippen LogP contribution in [0.3, 0.4) is 0 Å². The number of nitrogens with zero attached hydrogens (tertiary/aromatic N) is 1. The van der Waals surface area contributed by atoms with Gasteiger partial charge in [0, 0.05) is 13.1 Å². The molecular weight excluding hydrogens is 290 g/mol. The normalized spacial score (nSPS) is 15.8. The number of primary amides is 2. The molecular formula is C13H21N5O2S. The van der Waals surface area contributed by atoms with Gasteiger partial charge in [-0.15, -0.1) is 11.3 Å². The van der Waals surface area contributed by atoms with Crippen LogP contribution in [-0.4, -0.2) is 42.9 Å². The van der Waals surface area contributed by atoms with Crippen molar-refractivity contribution in [2.45, 2.75) is 19.3 Å². The Bertz CT molecular complexity index is 537. The van der Waals surface area contributed by atoms with E-state index >= 15 is 0 Å². The van der Waals surface area contributed by atoms with E-state index in [1.807, 2.05) is 0 Å². The highest BCUT2D eigenvalue weighted by Crippen LogP contribution is 2.35. The average Bonchev–Trinajstić information content (AvgIpc) is 2.77. The van der Waals surface area contributed by atoms with Crippen LogP contribution in [0.2, 0.25) is 0 Å². The Morgan fingerprint density at radius 1 is 1.14 bits per heavy atom. The molecule has 0 spiro atoms. The van der Waals surface area contributed by atoms with Crippen molar-refractivity contribution in [1.29, 1.82) is 0 Å². The lowest BCUT2D eigenvalue weighted by molar-refractivity contribution is 0.0999. The number of piperidine rings is 1. The maximum absolute atomic E-state index is 11.5. The third-order valence-corrected chi connectivity index (χ3v) is 4.76. The molecule has 0 atom stereocenters. The first kappa shape index (κ1) is 15.6. The van der Waals surface area contributed by atoms with E-state index < -0.39 is 11.8 Å². The number of rotatable bonds is 6. The molecule has 0 aromatic carbocycles. The Hall–Kier alpha value is -1.80. The van der Waals surface area contributed by atoms with Gasteiger partial charge in [-0.05, 0) is 25.9 Å². The second-order valence-corrected chi connectivity index (χ2v) is 6.13. The van der Waals surface area contributed by atoms with E-state index in [0.717, 1.165) is 31.0 Å². The van der Waals surface area contributed by atoms with Crippen LogP contribution in [-0.2, 0) is 0 Å². The van der Waals surface area contributed by atoms with Crippen LogP contribution < -0.4 is 22.5 Å². The summed E-state index contributed by atoms with van der Waals surface area (Å²) in [6.07, 6.45) is 3.74. The van der Waals surface area contributed by atoms with Gasteiger partial charge in [0.25, 0.3) is 11.8 Å². The average molecular weight is 311 g/mol. The molecule has 7 N–H and O–H groups in total. The summed E-state index contributed by atoms with van der Waals surface area (Å²) < 4.78 is 0. The van der Waals surface area contributed by atoms with Crippen molar-refractivity contribution in [3.63, 3.8) is 0 Å². The van der Waals surface area contributed by atoms with Gasteiger partial charge in [-0.25, -0.2) is 0 Å². The third kappa shape index (κ3) is 3.64. The standard InChI is InChI=1S/C13H21N5O2S/c14-9-8(11(15)19)13(21-10(9)12(16)20)17-4-7-18-5-2-1-3-6-18/h17H,1-7,14H2,(H2,15,19)(H2,16,20). The number of nitrogens with two attached hydrogens (primary N) is 3. The van der Waals surface area contributed by atoms with Crippen molar-refractivity contribution in [2.24, 2.45) is 11.5 Å². The van der Waals surface area contributed by atoms with Crippen molar-refractivity contribution in [2.75, 3.05) is 37.2 Å². The molecule has 1 aromatic heterocycles. The smallest absolute Gasteiger partial charge is 0.260 e. The van der Waals surface area contributed by atoms with E-state index in [1.54, 1.807) is 0 Å². The van der Waals surface area contributed by atoms with E-state index in [9.17, 15) is 9.59 Å². The number of thiophene rings is 1. The Kier molecular flexibility index (Phi) is 5.03. The largest absolute Gasteiger partial charge is 0.397 e. The van der Waals surface area contributed by atoms with Gasteiger partial charge in [0.05, 0.1) is 11.3 Å². The molecule has 2 rings (SSSR count). The first-order valence-corrected chi connectivity index (χ1v) is 7.80. The fourth-order valence-corrected chi connectivity index (χ4v) is 3.51. The highest BCUT2D eigenvalue weighted by atomic mass is 32.1. The molecule has 21 heavy (non-hydrogen) atoms. The molecule has 2 heterocycles. The predicted octanol–water partition coefficient (Wildman–Crippen LogP) is 0.426. The summed E-state index contributed by atoms with van der Waals surface area (Å²) in [6, 6.07) is 0. The molecule has 0 saturated carbocycles. The molecule has 0 radical (unpaired) electrons. The van der Waals surface area contributed by atoms with Gasteiger partial charge in [0.15, 0.2) is 0 Å². The number of carbonyl (C=O) groups is 2. The van der Waals surface area contributed by atoms with E-state index in [4.69, 9.17) is 17.2 Å². The molecule has 7 nitrogen and oxygen atoms in total. The fraction of sp³-hybridized carbons (Fsp3) is 0.538. The molecule has 0 bridgehead atoms. The Morgan fingerprint density at radius 3 is 2.38 bits per heavy atom. The van der Waals surface area contributed by atoms with Crippen LogP contribution in [0.4, 0.5) is 10.7 Å². The van der Waals surface area contributed by atoms with Gasteiger partial charge in [0.1, 0.15) is 9.88 Å². The number of hydrogen-bond donors (Lipinski definition) is 4. The number of nitrogens with one attached hydrogen (secondary N) is 1. The molecule has 0 aliphatic carbocycles. The lowest BCUT2D eigenvalue weighted by atomic mass is 10.1. The van der Waals surface area contributed by atoms with Gasteiger partial charge in [0.2, 0.25) is 0 Å². The maximum atomic E-state index is 11.5. The minimum atomic E-state index is -0.656. The number of amides is 2. The fourth-order valence-electron chi connectivity index (χ4n) is 2.51. The van der Waals surface area contributed by atoms with E-state index in [2.05, 4.69) is 10.2 Å². The monoisotopic (exact) mass is 311 g/mol. The van der Waals surface area contributed by atoms with E-state index in [0.29, 0.717) is 11.5 Å². The zero-order chi connectivity index (χ0) is 15.4. The summed E-state index contributed by atoms with van der Waals surface area (Å²) in [4.78, 5) is 25.3. The first-order valence-electron chi connectivity index (χ1n) is 6.98. The molecule has 1 aromatic rings. The second kappa shape index (κ2) is 6.77. The quantitative estimate of drug-likeness (QED) is 0.605. The summed E-state index contributed by atoms with van der Waals surface area (Å²) in [5.41, 5.74) is 16.6. The van der Waals surface area contributed by atoms with Crippen molar-refractivity contribution in [3.8, 4) is 0 Å². The second-order valence-electron chi connectivity index (χ2n) is 5.11. The van der Waals surface area contributed by atoms with Crippen molar-refractivity contribution in [1.82, 2.24) is 4.90 Å².